The quantitative estimate of drug-likeness (QED) is 0.710. The van der Waals surface area contributed by atoms with Crippen LogP contribution in [0.25, 0.3) is 0 Å². The first-order valence-electron chi connectivity index (χ1n) is 4.87. The number of hydrogen-bond donors (Lipinski definition) is 3. The van der Waals surface area contributed by atoms with Crippen molar-refractivity contribution in [3.8, 4) is 5.75 Å². The number of ether oxygens (including phenoxy) is 1. The third-order valence-electron chi connectivity index (χ3n) is 1.71. The molecule has 0 atom stereocenters. The fourth-order valence-electron chi connectivity index (χ4n) is 0.823. The van der Waals surface area contributed by atoms with Crippen LogP contribution >= 0.6 is 12.6 Å². The molecular weight excluding hydrogens is 226 g/mol. The molecule has 0 radical (unpaired) electrons. The summed E-state index contributed by atoms with van der Waals surface area (Å²) in [6, 6.07) is 4.50. The van der Waals surface area contributed by atoms with Gasteiger partial charge in [0.25, 0.3) is 0 Å². The third kappa shape index (κ3) is 5.04. The van der Waals surface area contributed by atoms with Gasteiger partial charge in [-0.3, -0.25) is 0 Å². The molecule has 5 heteroatoms. The van der Waals surface area contributed by atoms with Gasteiger partial charge in [0, 0.05) is 4.90 Å². The first-order valence-corrected chi connectivity index (χ1v) is 5.31. The molecule has 0 saturated carbocycles. The molecule has 0 fully saturated rings. The molecule has 0 bridgehead atoms. The third-order valence-corrected chi connectivity index (χ3v) is 2.06. The van der Waals surface area contributed by atoms with Crippen LogP contribution in [0, 0.1) is 0 Å². The number of methoxy groups -OCH3 is 1. The Balaban J connectivity index is 0.000000487. The van der Waals surface area contributed by atoms with Gasteiger partial charge in [-0.15, -0.1) is 12.6 Å². The Morgan fingerprint density at radius 1 is 1.56 bits per heavy atom. The molecule has 16 heavy (non-hydrogen) atoms. The molecule has 0 heterocycles. The van der Waals surface area contributed by atoms with Crippen LogP contribution in [0.4, 0.5) is 0 Å². The summed E-state index contributed by atoms with van der Waals surface area (Å²) in [7, 11) is 1.51. The van der Waals surface area contributed by atoms with E-state index < -0.39 is 5.97 Å². The molecule has 90 valence electrons. The number of aromatic carboxylic acids is 1. The van der Waals surface area contributed by atoms with E-state index in [4.69, 9.17) is 15.6 Å². The Morgan fingerprint density at radius 3 is 2.44 bits per heavy atom. The zero-order chi connectivity index (χ0) is 12.6. The van der Waals surface area contributed by atoms with Crippen molar-refractivity contribution >= 4 is 18.6 Å². The van der Waals surface area contributed by atoms with E-state index in [2.05, 4.69) is 19.6 Å². The van der Waals surface area contributed by atoms with Crippen molar-refractivity contribution in [3.63, 3.8) is 0 Å². The lowest BCUT2D eigenvalue weighted by molar-refractivity contribution is 0.0696. The average molecular weight is 243 g/mol. The second-order valence-corrected chi connectivity index (χ2v) is 3.46. The Labute approximate surface area is 101 Å². The van der Waals surface area contributed by atoms with E-state index in [1.54, 1.807) is 6.07 Å². The molecule has 0 unspecified atom stereocenters. The van der Waals surface area contributed by atoms with E-state index in [1.807, 2.05) is 0 Å². The van der Waals surface area contributed by atoms with Crippen LogP contribution in [-0.4, -0.2) is 24.7 Å². The number of rotatable bonds is 3. The van der Waals surface area contributed by atoms with Gasteiger partial charge in [-0.2, -0.15) is 0 Å². The van der Waals surface area contributed by atoms with Crippen molar-refractivity contribution in [1.82, 2.24) is 0 Å². The summed E-state index contributed by atoms with van der Waals surface area (Å²) in [5.41, 5.74) is 5.24. The number of hydrogen-bond acceptors (Lipinski definition) is 4. The maximum atomic E-state index is 10.5. The van der Waals surface area contributed by atoms with Crippen molar-refractivity contribution in [2.45, 2.75) is 18.2 Å². The minimum absolute atomic E-state index is 0.209. The fraction of sp³-hybridized carbons (Fsp3) is 0.364. The summed E-state index contributed by atoms with van der Waals surface area (Å²) < 4.78 is 4.91. The first-order chi connectivity index (χ1) is 7.56. The molecule has 0 saturated heterocycles. The number of carboxylic acid groups (broad SMARTS) is 1. The van der Waals surface area contributed by atoms with Crippen LogP contribution in [0.15, 0.2) is 23.1 Å². The minimum atomic E-state index is -0.965. The monoisotopic (exact) mass is 243 g/mol. The lowest BCUT2D eigenvalue weighted by Crippen LogP contribution is -1.96. The zero-order valence-corrected chi connectivity index (χ0v) is 10.3. The van der Waals surface area contributed by atoms with Crippen molar-refractivity contribution in [2.24, 2.45) is 5.73 Å². The van der Waals surface area contributed by atoms with Gasteiger partial charge in [-0.25, -0.2) is 4.79 Å². The van der Waals surface area contributed by atoms with E-state index in [0.717, 1.165) is 13.0 Å². The van der Waals surface area contributed by atoms with Gasteiger partial charge in [0.05, 0.1) is 12.7 Å². The molecule has 0 aliphatic rings. The minimum Gasteiger partial charge on any atom is -0.496 e. The number of carboxylic acids is 1. The topological polar surface area (TPSA) is 72.5 Å². The predicted molar refractivity (Wildman–Crippen MR) is 66.6 cm³/mol. The molecule has 0 aromatic heterocycles. The molecular formula is C11H17NO3S. The molecule has 4 nitrogen and oxygen atoms in total. The van der Waals surface area contributed by atoms with Crippen molar-refractivity contribution in [1.29, 1.82) is 0 Å². The standard InChI is InChI=1S/C8H8O3S.C3H9N/c1-11-6-3-2-5(8(9)10)4-7(6)12;1-2-3-4/h2-4,12H,1H3,(H,9,10);2-4H2,1H3. The number of thiol groups is 1. The van der Waals surface area contributed by atoms with Crippen molar-refractivity contribution < 1.29 is 14.6 Å². The average Bonchev–Trinajstić information content (AvgIpc) is 2.29. The molecule has 1 rings (SSSR count). The van der Waals surface area contributed by atoms with Crippen LogP contribution in [0.3, 0.4) is 0 Å². The highest BCUT2D eigenvalue weighted by molar-refractivity contribution is 7.80. The van der Waals surface area contributed by atoms with Crippen molar-refractivity contribution in [3.05, 3.63) is 23.8 Å². The molecule has 0 spiro atoms. The highest BCUT2D eigenvalue weighted by Gasteiger charge is 2.05. The van der Waals surface area contributed by atoms with E-state index in [0.29, 0.717) is 10.6 Å². The van der Waals surface area contributed by atoms with Crippen LogP contribution in [0.1, 0.15) is 23.7 Å². The van der Waals surface area contributed by atoms with Crippen molar-refractivity contribution in [2.75, 3.05) is 13.7 Å². The van der Waals surface area contributed by atoms with E-state index in [1.165, 1.54) is 19.2 Å². The smallest absolute Gasteiger partial charge is 0.335 e. The SMILES string of the molecule is CCCN.COc1ccc(C(=O)O)cc1S. The van der Waals surface area contributed by atoms with Gasteiger partial charge in [0.2, 0.25) is 0 Å². The summed E-state index contributed by atoms with van der Waals surface area (Å²) in [5.74, 6) is -0.392. The van der Waals surface area contributed by atoms with Gasteiger partial charge >= 0.3 is 5.97 Å². The second kappa shape index (κ2) is 8.01. The number of benzene rings is 1. The lowest BCUT2D eigenvalue weighted by atomic mass is 10.2. The Hall–Kier alpha value is -1.20. The van der Waals surface area contributed by atoms with E-state index >= 15 is 0 Å². The maximum Gasteiger partial charge on any atom is 0.335 e. The number of carbonyl (C=O) groups is 1. The summed E-state index contributed by atoms with van der Waals surface area (Å²) in [5, 5.41) is 8.60. The lowest BCUT2D eigenvalue weighted by Gasteiger charge is -2.03. The molecule has 1 aromatic carbocycles. The zero-order valence-electron chi connectivity index (χ0n) is 9.43. The molecule has 0 aliphatic heterocycles. The maximum absolute atomic E-state index is 10.5. The number of nitrogens with two attached hydrogens (primary N) is 1. The van der Waals surface area contributed by atoms with Crippen LogP contribution in [0.5, 0.6) is 5.75 Å². The van der Waals surface area contributed by atoms with Crippen LogP contribution in [0.2, 0.25) is 0 Å². The van der Waals surface area contributed by atoms with Gasteiger partial charge in [-0.1, -0.05) is 6.92 Å². The fourth-order valence-corrected chi connectivity index (χ4v) is 1.13. The van der Waals surface area contributed by atoms with Gasteiger partial charge in [0.1, 0.15) is 5.75 Å². The highest BCUT2D eigenvalue weighted by atomic mass is 32.1. The Kier molecular flexibility index (Phi) is 7.41. The van der Waals surface area contributed by atoms with Crippen LogP contribution in [-0.2, 0) is 0 Å². The first kappa shape index (κ1) is 14.8. The van der Waals surface area contributed by atoms with Gasteiger partial charge < -0.3 is 15.6 Å². The molecule has 3 N–H and O–H groups in total. The highest BCUT2D eigenvalue weighted by Crippen LogP contribution is 2.22. The molecule has 0 amide bonds. The van der Waals surface area contributed by atoms with E-state index in [-0.39, 0.29) is 5.56 Å². The summed E-state index contributed by atoms with van der Waals surface area (Å²) in [6.07, 6.45) is 1.10. The molecule has 1 aromatic rings. The summed E-state index contributed by atoms with van der Waals surface area (Å²) in [4.78, 5) is 11.0. The largest absolute Gasteiger partial charge is 0.496 e. The Morgan fingerprint density at radius 2 is 2.12 bits per heavy atom. The van der Waals surface area contributed by atoms with Crippen LogP contribution < -0.4 is 10.5 Å². The van der Waals surface area contributed by atoms with Gasteiger partial charge in [0.15, 0.2) is 0 Å². The van der Waals surface area contributed by atoms with Gasteiger partial charge in [-0.05, 0) is 31.2 Å². The predicted octanol–water partition coefficient (Wildman–Crippen LogP) is 2.04. The normalized spacial score (nSPS) is 9.00. The Bertz CT molecular complexity index is 340. The summed E-state index contributed by atoms with van der Waals surface area (Å²) in [6.45, 7) is 2.88. The summed E-state index contributed by atoms with van der Waals surface area (Å²) >= 11 is 4.05. The second-order valence-electron chi connectivity index (χ2n) is 2.98. The van der Waals surface area contributed by atoms with E-state index in [9.17, 15) is 4.79 Å². The molecule has 0 aliphatic carbocycles.